The van der Waals surface area contributed by atoms with Crippen molar-refractivity contribution in [2.75, 3.05) is 19.0 Å². The molecular weight excluding hydrogens is 408 g/mol. The minimum atomic E-state index is -0.393. The number of ether oxygens (including phenoxy) is 1. The monoisotopic (exact) mass is 432 g/mol. The summed E-state index contributed by atoms with van der Waals surface area (Å²) in [5.41, 5.74) is 7.93. The van der Waals surface area contributed by atoms with Crippen molar-refractivity contribution in [1.29, 1.82) is 0 Å². The number of rotatable bonds is 2. The number of carbonyl (C=O) groups excluding carboxylic acids is 1. The standard InChI is InChI=1S/C22H24N8O2/c1-14-5-4-8-32-22-17(9-15(12-25-22)16(10-23)11-24-2)21(31)28-19-7-3-6-18(27-19)20-29-26-13-30(14)20/h3,6-7,9-14H,4-5,8,23H2,1-2H3,(H,27,28,31). The molecular formula is C22H24N8O2. The van der Waals surface area contributed by atoms with Crippen LogP contribution in [0.3, 0.4) is 0 Å². The average Bonchev–Trinajstić information content (AvgIpc) is 3.30. The van der Waals surface area contributed by atoms with Crippen molar-refractivity contribution in [3.8, 4) is 17.4 Å². The van der Waals surface area contributed by atoms with Gasteiger partial charge < -0.3 is 20.4 Å². The number of aliphatic imine (C=N–C) groups is 1. The summed E-state index contributed by atoms with van der Waals surface area (Å²) in [4.78, 5) is 26.1. The molecule has 3 aromatic rings. The second-order valence-corrected chi connectivity index (χ2v) is 7.35. The molecule has 0 saturated carbocycles. The molecule has 0 saturated heterocycles. The number of amides is 1. The number of pyridine rings is 2. The molecule has 0 aliphatic carbocycles. The third-order valence-corrected chi connectivity index (χ3v) is 5.15. The van der Waals surface area contributed by atoms with E-state index >= 15 is 0 Å². The van der Waals surface area contributed by atoms with Gasteiger partial charge >= 0.3 is 0 Å². The van der Waals surface area contributed by atoms with Gasteiger partial charge in [0.15, 0.2) is 5.82 Å². The second kappa shape index (κ2) is 9.38. The molecule has 164 valence electrons. The third-order valence-electron chi connectivity index (χ3n) is 5.15. The average molecular weight is 432 g/mol. The van der Waals surface area contributed by atoms with Crippen molar-refractivity contribution in [2.45, 2.75) is 25.8 Å². The normalized spacial score (nSPS) is 17.1. The van der Waals surface area contributed by atoms with Crippen molar-refractivity contribution < 1.29 is 9.53 Å². The van der Waals surface area contributed by atoms with Gasteiger partial charge in [-0.1, -0.05) is 6.07 Å². The van der Waals surface area contributed by atoms with E-state index in [0.29, 0.717) is 35.1 Å². The van der Waals surface area contributed by atoms with Crippen molar-refractivity contribution in [2.24, 2.45) is 10.7 Å². The summed E-state index contributed by atoms with van der Waals surface area (Å²) in [5.74, 6) is 0.887. The fourth-order valence-electron chi connectivity index (χ4n) is 3.49. The highest BCUT2D eigenvalue weighted by Crippen LogP contribution is 2.26. The summed E-state index contributed by atoms with van der Waals surface area (Å²) in [5, 5.41) is 11.1. The molecule has 0 spiro atoms. The summed E-state index contributed by atoms with van der Waals surface area (Å²) < 4.78 is 7.87. The zero-order chi connectivity index (χ0) is 22.5. The summed E-state index contributed by atoms with van der Waals surface area (Å²) in [7, 11) is 1.65. The van der Waals surface area contributed by atoms with Crippen molar-refractivity contribution in [3.63, 3.8) is 0 Å². The first-order chi connectivity index (χ1) is 15.6. The fourth-order valence-corrected chi connectivity index (χ4v) is 3.49. The zero-order valence-corrected chi connectivity index (χ0v) is 17.9. The lowest BCUT2D eigenvalue weighted by molar-refractivity contribution is 0.102. The molecule has 1 amide bonds. The maximum atomic E-state index is 13.2. The van der Waals surface area contributed by atoms with Crippen LogP contribution in [-0.4, -0.2) is 50.5 Å². The van der Waals surface area contributed by atoms with E-state index < -0.39 is 5.91 Å². The van der Waals surface area contributed by atoms with Gasteiger partial charge in [-0.15, -0.1) is 10.2 Å². The molecule has 3 N–H and O–H groups in total. The number of carbonyl (C=O) groups is 1. The van der Waals surface area contributed by atoms with Crippen LogP contribution in [0.5, 0.6) is 5.88 Å². The van der Waals surface area contributed by atoms with Gasteiger partial charge in [0, 0.05) is 42.8 Å². The number of nitrogens with one attached hydrogen (secondary N) is 1. The molecule has 32 heavy (non-hydrogen) atoms. The molecule has 0 radical (unpaired) electrons. The summed E-state index contributed by atoms with van der Waals surface area (Å²) >= 11 is 0. The molecule has 3 aromatic heterocycles. The Morgan fingerprint density at radius 3 is 3.09 bits per heavy atom. The van der Waals surface area contributed by atoms with Crippen molar-refractivity contribution in [3.05, 3.63) is 54.1 Å². The molecule has 0 aromatic carbocycles. The summed E-state index contributed by atoms with van der Waals surface area (Å²) in [6.07, 6.45) is 7.92. The fraction of sp³-hybridized carbons (Fsp3) is 0.273. The van der Waals surface area contributed by atoms with Crippen LogP contribution in [-0.2, 0) is 0 Å². The quantitative estimate of drug-likeness (QED) is 0.595. The maximum absolute atomic E-state index is 13.2. The maximum Gasteiger partial charge on any atom is 0.262 e. The molecule has 10 nitrogen and oxygen atoms in total. The predicted octanol–water partition coefficient (Wildman–Crippen LogP) is 2.72. The second-order valence-electron chi connectivity index (χ2n) is 7.35. The van der Waals surface area contributed by atoms with Crippen LogP contribution in [0.2, 0.25) is 0 Å². The molecule has 1 aliphatic heterocycles. The molecule has 1 atom stereocenters. The van der Waals surface area contributed by atoms with Crippen LogP contribution in [0.25, 0.3) is 17.1 Å². The van der Waals surface area contributed by atoms with E-state index in [9.17, 15) is 4.79 Å². The Kier molecular flexibility index (Phi) is 6.20. The lowest BCUT2D eigenvalue weighted by atomic mass is 10.1. The molecule has 2 bridgehead atoms. The Hall–Kier alpha value is -4.08. The zero-order valence-electron chi connectivity index (χ0n) is 17.9. The van der Waals surface area contributed by atoms with Gasteiger partial charge in [-0.05, 0) is 38.0 Å². The van der Waals surface area contributed by atoms with Gasteiger partial charge in [0.05, 0.1) is 6.61 Å². The Balaban J connectivity index is 1.76. The van der Waals surface area contributed by atoms with E-state index in [-0.39, 0.29) is 17.5 Å². The Labute approximate surface area is 185 Å². The molecule has 1 unspecified atom stereocenters. The largest absolute Gasteiger partial charge is 0.477 e. The van der Waals surface area contributed by atoms with Gasteiger partial charge in [-0.25, -0.2) is 9.97 Å². The molecule has 10 heteroatoms. The van der Waals surface area contributed by atoms with Crippen LogP contribution in [0, 0.1) is 0 Å². The number of fused-ring (bicyclic) bond motifs is 5. The number of nitrogens with zero attached hydrogens (tertiary/aromatic N) is 6. The first kappa shape index (κ1) is 21.2. The lowest BCUT2D eigenvalue weighted by Crippen LogP contribution is -2.17. The van der Waals surface area contributed by atoms with E-state index in [0.717, 1.165) is 12.8 Å². The van der Waals surface area contributed by atoms with Gasteiger partial charge in [0.25, 0.3) is 5.91 Å². The highest BCUT2D eigenvalue weighted by molar-refractivity contribution is 6.11. The lowest BCUT2D eigenvalue weighted by Gasteiger charge is -2.17. The first-order valence-electron chi connectivity index (χ1n) is 10.3. The SMILES string of the molecule is CN=CC(=CN)c1cnc2c(c1)C(=O)Nc1cccc(n1)-c1nncn1C(C)CCCO2. The van der Waals surface area contributed by atoms with E-state index in [2.05, 4.69) is 37.4 Å². The van der Waals surface area contributed by atoms with Crippen LogP contribution in [0.15, 0.2) is 48.0 Å². The topological polar surface area (TPSA) is 133 Å². The number of nitrogens with two attached hydrogens (primary N) is 1. The van der Waals surface area contributed by atoms with Crippen LogP contribution in [0.4, 0.5) is 5.82 Å². The first-order valence-corrected chi connectivity index (χ1v) is 10.3. The third kappa shape index (κ3) is 4.34. The molecule has 0 fully saturated rings. The smallest absolute Gasteiger partial charge is 0.262 e. The van der Waals surface area contributed by atoms with Crippen molar-refractivity contribution >= 4 is 23.5 Å². The van der Waals surface area contributed by atoms with Crippen LogP contribution in [0.1, 0.15) is 41.7 Å². The number of anilines is 1. The van der Waals surface area contributed by atoms with Gasteiger partial charge in [-0.3, -0.25) is 9.79 Å². The van der Waals surface area contributed by atoms with Crippen LogP contribution < -0.4 is 15.8 Å². The van der Waals surface area contributed by atoms with E-state index in [1.807, 2.05) is 16.7 Å². The molecule has 4 rings (SSSR count). The van der Waals surface area contributed by atoms with E-state index in [1.165, 1.54) is 6.20 Å². The minimum absolute atomic E-state index is 0.145. The molecule has 4 heterocycles. The minimum Gasteiger partial charge on any atom is -0.477 e. The van der Waals surface area contributed by atoms with Crippen molar-refractivity contribution in [1.82, 2.24) is 24.7 Å². The number of allylic oxidation sites excluding steroid dienone is 1. The predicted molar refractivity (Wildman–Crippen MR) is 121 cm³/mol. The number of aromatic nitrogens is 5. The van der Waals surface area contributed by atoms with Gasteiger partial charge in [0.2, 0.25) is 5.88 Å². The highest BCUT2D eigenvalue weighted by Gasteiger charge is 2.20. The van der Waals surface area contributed by atoms with Gasteiger partial charge in [-0.2, -0.15) is 0 Å². The summed E-state index contributed by atoms with van der Waals surface area (Å²) in [6.45, 7) is 2.51. The van der Waals surface area contributed by atoms with E-state index in [4.69, 9.17) is 10.5 Å². The Bertz CT molecular complexity index is 1180. The highest BCUT2D eigenvalue weighted by atomic mass is 16.5. The molecule has 1 aliphatic rings. The number of hydrogen-bond acceptors (Lipinski definition) is 8. The Morgan fingerprint density at radius 1 is 1.41 bits per heavy atom. The van der Waals surface area contributed by atoms with E-state index in [1.54, 1.807) is 37.9 Å². The van der Waals surface area contributed by atoms with Crippen LogP contribution >= 0.6 is 0 Å². The van der Waals surface area contributed by atoms with Gasteiger partial charge in [0.1, 0.15) is 23.4 Å². The number of hydrogen-bond donors (Lipinski definition) is 2. The Morgan fingerprint density at radius 2 is 2.28 bits per heavy atom. The summed E-state index contributed by atoms with van der Waals surface area (Å²) in [6, 6.07) is 7.20.